The van der Waals surface area contributed by atoms with Crippen molar-refractivity contribution in [2.75, 3.05) is 26.2 Å². The van der Waals surface area contributed by atoms with Gasteiger partial charge in [-0.05, 0) is 57.1 Å². The van der Waals surface area contributed by atoms with Gasteiger partial charge in [-0.2, -0.15) is 5.26 Å². The van der Waals surface area contributed by atoms with E-state index in [-0.39, 0.29) is 0 Å². The van der Waals surface area contributed by atoms with E-state index in [4.69, 9.17) is 10.00 Å². The number of ether oxygens (including phenoxy) is 1. The van der Waals surface area contributed by atoms with Crippen LogP contribution >= 0.6 is 0 Å². The molecule has 1 aliphatic rings. The molecule has 0 spiro atoms. The molecule has 0 unspecified atom stereocenters. The maximum atomic E-state index is 8.80. The number of rotatable bonds is 6. The molecule has 0 atom stereocenters. The fourth-order valence-corrected chi connectivity index (χ4v) is 2.25. The van der Waals surface area contributed by atoms with Crippen molar-refractivity contribution < 1.29 is 4.74 Å². The van der Waals surface area contributed by atoms with Gasteiger partial charge in [0.15, 0.2) is 0 Å². The molecule has 1 heterocycles. The highest BCUT2D eigenvalue weighted by Gasteiger charge is 2.11. The van der Waals surface area contributed by atoms with Gasteiger partial charge in [-0.3, -0.25) is 0 Å². The van der Waals surface area contributed by atoms with Crippen molar-refractivity contribution in [1.82, 2.24) is 10.6 Å². The molecule has 2 rings (SSSR count). The van der Waals surface area contributed by atoms with Crippen LogP contribution in [0.15, 0.2) is 24.3 Å². The van der Waals surface area contributed by atoms with E-state index in [9.17, 15) is 0 Å². The summed E-state index contributed by atoms with van der Waals surface area (Å²) in [5.41, 5.74) is 0.644. The minimum Gasteiger partial charge on any atom is -0.494 e. The summed E-state index contributed by atoms with van der Waals surface area (Å²) in [7, 11) is 0. The average Bonchev–Trinajstić information content (AvgIpc) is 2.48. The quantitative estimate of drug-likeness (QED) is 0.763. The van der Waals surface area contributed by atoms with Gasteiger partial charge in [0.25, 0.3) is 0 Å². The van der Waals surface area contributed by atoms with E-state index < -0.39 is 0 Å². The molecule has 1 aromatic carbocycles. The van der Waals surface area contributed by atoms with Gasteiger partial charge in [0.2, 0.25) is 0 Å². The Balaban J connectivity index is 1.59. The minimum absolute atomic E-state index is 0.644. The normalized spacial score (nSPS) is 15.9. The lowest BCUT2D eigenvalue weighted by atomic mass is 10.1. The Kier molecular flexibility index (Phi) is 5.67. The van der Waals surface area contributed by atoms with Gasteiger partial charge in [0.05, 0.1) is 18.2 Å². The highest BCUT2D eigenvalue weighted by atomic mass is 16.5. The number of nitrogens with one attached hydrogen (secondary N) is 2. The largest absolute Gasteiger partial charge is 0.494 e. The van der Waals surface area contributed by atoms with Gasteiger partial charge in [-0.15, -0.1) is 0 Å². The highest BCUT2D eigenvalue weighted by Crippen LogP contribution is 2.12. The molecule has 4 nitrogen and oxygen atoms in total. The SMILES string of the molecule is N#Cc1cccc(OCCCNC2CCNCC2)c1. The van der Waals surface area contributed by atoms with E-state index in [0.29, 0.717) is 18.2 Å². The van der Waals surface area contributed by atoms with Crippen LogP contribution in [0.1, 0.15) is 24.8 Å². The van der Waals surface area contributed by atoms with Gasteiger partial charge in [-0.25, -0.2) is 0 Å². The lowest BCUT2D eigenvalue weighted by molar-refractivity contribution is 0.298. The van der Waals surface area contributed by atoms with Gasteiger partial charge in [0, 0.05) is 6.04 Å². The van der Waals surface area contributed by atoms with Crippen LogP contribution in [0.4, 0.5) is 0 Å². The van der Waals surface area contributed by atoms with Crippen LogP contribution in [0.5, 0.6) is 5.75 Å². The lowest BCUT2D eigenvalue weighted by Crippen LogP contribution is -2.40. The number of benzene rings is 1. The van der Waals surface area contributed by atoms with Crippen LogP contribution in [-0.2, 0) is 0 Å². The summed E-state index contributed by atoms with van der Waals surface area (Å²) in [4.78, 5) is 0. The predicted octanol–water partition coefficient (Wildman–Crippen LogP) is 1.67. The maximum absolute atomic E-state index is 8.80. The summed E-state index contributed by atoms with van der Waals surface area (Å²) in [6.07, 6.45) is 3.41. The summed E-state index contributed by atoms with van der Waals surface area (Å²) >= 11 is 0. The summed E-state index contributed by atoms with van der Waals surface area (Å²) < 4.78 is 5.63. The van der Waals surface area contributed by atoms with Crippen LogP contribution in [-0.4, -0.2) is 32.3 Å². The van der Waals surface area contributed by atoms with Gasteiger partial charge < -0.3 is 15.4 Å². The molecule has 1 fully saturated rings. The van der Waals surface area contributed by atoms with Crippen molar-refractivity contribution in [1.29, 1.82) is 5.26 Å². The second-order valence-corrected chi connectivity index (χ2v) is 4.82. The molecule has 2 N–H and O–H groups in total. The molecule has 4 heteroatoms. The second-order valence-electron chi connectivity index (χ2n) is 4.82. The second kappa shape index (κ2) is 7.78. The van der Waals surface area contributed by atoms with Crippen LogP contribution in [0.2, 0.25) is 0 Å². The van der Waals surface area contributed by atoms with Crippen molar-refractivity contribution in [3.05, 3.63) is 29.8 Å². The smallest absolute Gasteiger partial charge is 0.120 e. The Bertz CT molecular complexity index is 422. The third-order valence-corrected chi connectivity index (χ3v) is 3.33. The first-order chi connectivity index (χ1) is 9.38. The monoisotopic (exact) mass is 259 g/mol. The number of hydrogen-bond acceptors (Lipinski definition) is 4. The molecule has 0 bridgehead atoms. The van der Waals surface area contributed by atoms with Crippen LogP contribution < -0.4 is 15.4 Å². The summed E-state index contributed by atoms with van der Waals surface area (Å²) in [6, 6.07) is 10.1. The Morgan fingerprint density at radius 1 is 1.37 bits per heavy atom. The first-order valence-corrected chi connectivity index (χ1v) is 6.95. The number of hydrogen-bond donors (Lipinski definition) is 2. The Morgan fingerprint density at radius 2 is 2.21 bits per heavy atom. The molecule has 1 aromatic rings. The summed E-state index contributed by atoms with van der Waals surface area (Å²) in [6.45, 7) is 3.92. The van der Waals surface area contributed by atoms with Gasteiger partial charge >= 0.3 is 0 Å². The van der Waals surface area contributed by atoms with Crippen LogP contribution in [0.3, 0.4) is 0 Å². The topological polar surface area (TPSA) is 57.1 Å². The van der Waals surface area contributed by atoms with Crippen molar-refractivity contribution >= 4 is 0 Å². The molecule has 1 saturated heterocycles. The van der Waals surface area contributed by atoms with Crippen molar-refractivity contribution in [2.24, 2.45) is 0 Å². The third-order valence-electron chi connectivity index (χ3n) is 3.33. The standard InChI is InChI=1S/C15H21N3O/c16-12-13-3-1-4-15(11-13)19-10-2-7-18-14-5-8-17-9-6-14/h1,3-4,11,14,17-18H,2,5-10H2. The molecule has 0 aromatic heterocycles. The first kappa shape index (κ1) is 13.9. The van der Waals surface area contributed by atoms with Gasteiger partial charge in [0.1, 0.15) is 5.75 Å². The molecule has 19 heavy (non-hydrogen) atoms. The first-order valence-electron chi connectivity index (χ1n) is 6.95. The van der Waals surface area contributed by atoms with E-state index in [0.717, 1.165) is 31.8 Å². The average molecular weight is 259 g/mol. The van der Waals surface area contributed by atoms with Crippen LogP contribution in [0.25, 0.3) is 0 Å². The number of piperidine rings is 1. The zero-order valence-electron chi connectivity index (χ0n) is 11.2. The molecule has 1 aliphatic heterocycles. The van der Waals surface area contributed by atoms with Crippen molar-refractivity contribution in [3.63, 3.8) is 0 Å². The Labute approximate surface area is 114 Å². The van der Waals surface area contributed by atoms with E-state index >= 15 is 0 Å². The van der Waals surface area contributed by atoms with E-state index in [2.05, 4.69) is 16.7 Å². The fourth-order valence-electron chi connectivity index (χ4n) is 2.25. The zero-order valence-corrected chi connectivity index (χ0v) is 11.2. The zero-order chi connectivity index (χ0) is 13.3. The molecule has 0 radical (unpaired) electrons. The van der Waals surface area contributed by atoms with Crippen LogP contribution in [0, 0.1) is 11.3 Å². The van der Waals surface area contributed by atoms with Crippen molar-refractivity contribution in [2.45, 2.75) is 25.3 Å². The lowest BCUT2D eigenvalue weighted by Gasteiger charge is -2.23. The maximum Gasteiger partial charge on any atom is 0.120 e. The molecule has 102 valence electrons. The molecule has 0 amide bonds. The molecule has 0 saturated carbocycles. The van der Waals surface area contributed by atoms with E-state index in [1.807, 2.05) is 12.1 Å². The van der Waals surface area contributed by atoms with Crippen molar-refractivity contribution in [3.8, 4) is 11.8 Å². The van der Waals surface area contributed by atoms with E-state index in [1.165, 1.54) is 12.8 Å². The molecular formula is C15H21N3O. The fraction of sp³-hybridized carbons (Fsp3) is 0.533. The Morgan fingerprint density at radius 3 is 3.00 bits per heavy atom. The molecule has 0 aliphatic carbocycles. The van der Waals surface area contributed by atoms with Gasteiger partial charge in [-0.1, -0.05) is 6.07 Å². The summed E-state index contributed by atoms with van der Waals surface area (Å²) in [5.74, 6) is 0.779. The minimum atomic E-state index is 0.644. The summed E-state index contributed by atoms with van der Waals surface area (Å²) in [5, 5.41) is 15.7. The van der Waals surface area contributed by atoms with E-state index in [1.54, 1.807) is 12.1 Å². The predicted molar refractivity (Wildman–Crippen MR) is 75.2 cm³/mol. The molecular weight excluding hydrogens is 238 g/mol. The highest BCUT2D eigenvalue weighted by molar-refractivity contribution is 5.36. The third kappa shape index (κ3) is 4.90. The number of nitrogens with zero attached hydrogens (tertiary/aromatic N) is 1. The number of nitriles is 1. The Hall–Kier alpha value is -1.57.